The predicted molar refractivity (Wildman–Crippen MR) is 121 cm³/mol. The first-order valence-electron chi connectivity index (χ1n) is 8.16. The van der Waals surface area contributed by atoms with Crippen molar-refractivity contribution in [3.05, 3.63) is 58.6 Å². The molecule has 0 saturated heterocycles. The number of halogens is 2. The molecule has 4 N–H and O–H groups in total. The van der Waals surface area contributed by atoms with Crippen molar-refractivity contribution in [1.29, 1.82) is 0 Å². The number of anilines is 2. The lowest BCUT2D eigenvalue weighted by Crippen LogP contribution is -2.44. The second kappa shape index (κ2) is 11.1. The summed E-state index contributed by atoms with van der Waals surface area (Å²) in [6.45, 7) is 0. The smallest absolute Gasteiger partial charge is 0.245 e. The van der Waals surface area contributed by atoms with Crippen LogP contribution in [0.3, 0.4) is 0 Å². The zero-order chi connectivity index (χ0) is 20.5. The summed E-state index contributed by atoms with van der Waals surface area (Å²) >= 11 is 21.4. The van der Waals surface area contributed by atoms with Gasteiger partial charge in [0.25, 0.3) is 0 Å². The number of hydrogen-bond acceptors (Lipinski definition) is 5. The second-order valence-corrected chi connectivity index (χ2v) is 7.49. The van der Waals surface area contributed by atoms with E-state index in [9.17, 15) is 9.59 Å². The van der Waals surface area contributed by atoms with Gasteiger partial charge in [0.1, 0.15) is 5.78 Å². The first-order chi connectivity index (χ1) is 13.3. The van der Waals surface area contributed by atoms with Crippen molar-refractivity contribution in [3.8, 4) is 0 Å². The first kappa shape index (κ1) is 22.3. The molecule has 2 aromatic carbocycles. The number of para-hydroxylation sites is 1. The van der Waals surface area contributed by atoms with Gasteiger partial charge in [-0.15, -0.1) is 0 Å². The van der Waals surface area contributed by atoms with Crippen LogP contribution in [-0.4, -0.2) is 22.2 Å². The number of Topliss-reactive ketones (excluding diaryl/α,β-unsaturated/α-hetero) is 1. The monoisotopic (exact) mass is 456 g/mol. The molecule has 0 spiro atoms. The Balaban J connectivity index is 1.71. The van der Waals surface area contributed by atoms with Crippen LogP contribution in [0.15, 0.2) is 48.5 Å². The van der Waals surface area contributed by atoms with E-state index < -0.39 is 11.3 Å². The van der Waals surface area contributed by atoms with Gasteiger partial charge in [0, 0.05) is 12.1 Å². The average Bonchev–Trinajstić information content (AvgIpc) is 2.64. The summed E-state index contributed by atoms with van der Waals surface area (Å²) < 4.78 is 0. The SMILES string of the molecule is O=C(CC(=O)NNC(=S)Nc1cccc(Cl)c1Cl)CC(S)Nc1ccccc1. The van der Waals surface area contributed by atoms with Crippen LogP contribution in [0.2, 0.25) is 10.0 Å². The maximum Gasteiger partial charge on any atom is 0.245 e. The molecule has 1 unspecified atom stereocenters. The van der Waals surface area contributed by atoms with E-state index >= 15 is 0 Å². The van der Waals surface area contributed by atoms with Gasteiger partial charge in [-0.2, -0.15) is 12.6 Å². The van der Waals surface area contributed by atoms with Crippen LogP contribution in [0.25, 0.3) is 0 Å². The van der Waals surface area contributed by atoms with Gasteiger partial charge in [0.05, 0.1) is 27.5 Å². The Labute approximate surface area is 183 Å². The van der Waals surface area contributed by atoms with Gasteiger partial charge in [-0.3, -0.25) is 20.4 Å². The van der Waals surface area contributed by atoms with Gasteiger partial charge >= 0.3 is 0 Å². The number of carbonyl (C=O) groups is 2. The number of ketones is 1. The fraction of sp³-hybridized carbons (Fsp3) is 0.167. The summed E-state index contributed by atoms with van der Waals surface area (Å²) in [6, 6.07) is 14.4. The highest BCUT2D eigenvalue weighted by atomic mass is 35.5. The highest BCUT2D eigenvalue weighted by Crippen LogP contribution is 2.29. The summed E-state index contributed by atoms with van der Waals surface area (Å²) in [6.07, 6.45) is -0.215. The van der Waals surface area contributed by atoms with Crippen LogP contribution >= 0.6 is 48.0 Å². The van der Waals surface area contributed by atoms with Crippen molar-refractivity contribution in [2.75, 3.05) is 10.6 Å². The number of amides is 1. The number of hydrazine groups is 1. The number of thiocarbonyl (C=S) groups is 1. The van der Waals surface area contributed by atoms with Crippen molar-refractivity contribution in [2.24, 2.45) is 0 Å². The van der Waals surface area contributed by atoms with Crippen LogP contribution in [0, 0.1) is 0 Å². The van der Waals surface area contributed by atoms with Gasteiger partial charge in [-0.05, 0) is 36.5 Å². The molecule has 0 saturated carbocycles. The summed E-state index contributed by atoms with van der Waals surface area (Å²) in [5.41, 5.74) is 6.20. The lowest BCUT2D eigenvalue weighted by atomic mass is 10.2. The number of nitrogens with one attached hydrogen (secondary N) is 4. The minimum atomic E-state index is -0.522. The van der Waals surface area contributed by atoms with Crippen molar-refractivity contribution < 1.29 is 9.59 Å². The number of thiol groups is 1. The second-order valence-electron chi connectivity index (χ2n) is 5.67. The molecule has 1 atom stereocenters. The first-order valence-corrected chi connectivity index (χ1v) is 9.84. The lowest BCUT2D eigenvalue weighted by molar-refractivity contribution is -0.128. The van der Waals surface area contributed by atoms with Gasteiger partial charge < -0.3 is 10.6 Å². The minimum Gasteiger partial charge on any atom is -0.373 e. The molecule has 1 amide bonds. The summed E-state index contributed by atoms with van der Waals surface area (Å²) in [5.74, 6) is -0.786. The van der Waals surface area contributed by atoms with Gasteiger partial charge in [-0.25, -0.2) is 0 Å². The Hall–Kier alpha value is -2.00. The summed E-state index contributed by atoms with van der Waals surface area (Å²) in [5, 5.41) is 6.25. The predicted octanol–water partition coefficient (Wildman–Crippen LogP) is 4.03. The average molecular weight is 457 g/mol. The van der Waals surface area contributed by atoms with Gasteiger partial charge in [0.15, 0.2) is 5.11 Å². The highest BCUT2D eigenvalue weighted by Gasteiger charge is 2.14. The number of rotatable bonds is 7. The van der Waals surface area contributed by atoms with E-state index in [0.717, 1.165) is 5.69 Å². The summed E-state index contributed by atoms with van der Waals surface area (Å²) in [4.78, 5) is 23.9. The van der Waals surface area contributed by atoms with Crippen LogP contribution < -0.4 is 21.5 Å². The largest absolute Gasteiger partial charge is 0.373 e. The maximum absolute atomic E-state index is 12.0. The van der Waals surface area contributed by atoms with Crippen molar-refractivity contribution in [2.45, 2.75) is 18.2 Å². The molecule has 0 fully saturated rings. The van der Waals surface area contributed by atoms with E-state index in [1.54, 1.807) is 18.2 Å². The fourth-order valence-electron chi connectivity index (χ4n) is 2.17. The van der Waals surface area contributed by atoms with Gasteiger partial charge in [-0.1, -0.05) is 47.5 Å². The molecule has 0 bridgehead atoms. The number of benzene rings is 2. The molecule has 6 nitrogen and oxygen atoms in total. The number of carbonyl (C=O) groups excluding carboxylic acids is 2. The molecule has 2 aromatic rings. The third-order valence-electron chi connectivity index (χ3n) is 3.40. The Morgan fingerprint density at radius 3 is 2.46 bits per heavy atom. The third kappa shape index (κ3) is 7.55. The van der Waals surface area contributed by atoms with Crippen molar-refractivity contribution >= 4 is 76.2 Å². The van der Waals surface area contributed by atoms with E-state index in [4.69, 9.17) is 35.4 Å². The topological polar surface area (TPSA) is 82.3 Å². The molecule has 28 heavy (non-hydrogen) atoms. The zero-order valence-electron chi connectivity index (χ0n) is 14.5. The standard InChI is InChI=1S/C18H18Cl2N4O2S2/c19-13-7-4-8-14(17(13)20)22-18(28)24-23-15(26)9-12(25)10-16(27)21-11-5-2-1-3-6-11/h1-8,16,21,27H,9-10H2,(H,23,26)(H2,22,24,28). The molecular weight excluding hydrogens is 439 g/mol. The van der Waals surface area contributed by atoms with Crippen molar-refractivity contribution in [1.82, 2.24) is 10.9 Å². The molecule has 0 aliphatic rings. The third-order valence-corrected chi connectivity index (χ3v) is 4.74. The number of hydrogen-bond donors (Lipinski definition) is 5. The maximum atomic E-state index is 12.0. The Morgan fingerprint density at radius 1 is 1.04 bits per heavy atom. The van der Waals surface area contributed by atoms with E-state index in [-0.39, 0.29) is 23.7 Å². The molecule has 148 valence electrons. The Bertz CT molecular complexity index is 853. The summed E-state index contributed by atoms with van der Waals surface area (Å²) in [7, 11) is 0. The molecular formula is C18H18Cl2N4O2S2. The van der Waals surface area contributed by atoms with Crippen molar-refractivity contribution in [3.63, 3.8) is 0 Å². The Kier molecular flexibility index (Phi) is 8.85. The highest BCUT2D eigenvalue weighted by molar-refractivity contribution is 7.81. The van der Waals surface area contributed by atoms with E-state index in [0.29, 0.717) is 15.7 Å². The van der Waals surface area contributed by atoms with Crippen LogP contribution in [0.1, 0.15) is 12.8 Å². The molecule has 0 heterocycles. The molecule has 0 radical (unpaired) electrons. The van der Waals surface area contributed by atoms with Crippen LogP contribution in [-0.2, 0) is 9.59 Å². The van der Waals surface area contributed by atoms with Gasteiger partial charge in [0.2, 0.25) is 5.91 Å². The molecule has 0 aliphatic heterocycles. The quantitative estimate of drug-likeness (QED) is 0.142. The molecule has 0 aromatic heterocycles. The normalized spacial score (nSPS) is 11.2. The Morgan fingerprint density at radius 2 is 1.75 bits per heavy atom. The molecule has 10 heteroatoms. The van der Waals surface area contributed by atoms with Crippen LogP contribution in [0.5, 0.6) is 0 Å². The minimum absolute atomic E-state index is 0.0895. The lowest BCUT2D eigenvalue weighted by Gasteiger charge is -2.14. The molecule has 2 rings (SSSR count). The molecule has 0 aliphatic carbocycles. The van der Waals surface area contributed by atoms with E-state index in [1.165, 1.54) is 0 Å². The zero-order valence-corrected chi connectivity index (χ0v) is 17.8. The van der Waals surface area contributed by atoms with E-state index in [2.05, 4.69) is 34.1 Å². The fourth-order valence-corrected chi connectivity index (χ4v) is 3.03. The van der Waals surface area contributed by atoms with E-state index in [1.807, 2.05) is 30.3 Å². The van der Waals surface area contributed by atoms with Crippen LogP contribution in [0.4, 0.5) is 11.4 Å².